The first-order chi connectivity index (χ1) is 18.8. The molecule has 2 aliphatic rings. The largest absolute Gasteiger partial charge is 0.573 e. The van der Waals surface area contributed by atoms with E-state index < -0.39 is 35.8 Å². The molecule has 2 atom stereocenters. The molecule has 15 heteroatoms. The van der Waals surface area contributed by atoms with Crippen LogP contribution in [0.4, 0.5) is 18.0 Å². The number of hydrogen-bond donors (Lipinski definition) is 1. The van der Waals surface area contributed by atoms with Gasteiger partial charge in [0.1, 0.15) is 11.4 Å². The molecule has 214 valence electrons. The lowest BCUT2D eigenvalue weighted by atomic mass is 10.0. The lowest BCUT2D eigenvalue weighted by Crippen LogP contribution is -2.43. The van der Waals surface area contributed by atoms with E-state index in [0.29, 0.717) is 18.5 Å². The van der Waals surface area contributed by atoms with Gasteiger partial charge in [-0.3, -0.25) is 9.48 Å². The van der Waals surface area contributed by atoms with Crippen molar-refractivity contribution >= 4 is 12.0 Å². The van der Waals surface area contributed by atoms with E-state index in [0.717, 1.165) is 18.4 Å². The standard InChI is InChI=1S/C25H28F3N7O5/c1-24(2,3)39-23(37)35-12-15(10-16(35)13-34-9-8-29-33-34)30-21(36)22-31-20(32-40-22)19-11-17(38-25(26,27)28)6-7-18(19)14-4-5-14/h6-9,11,14-16H,4-5,10,12-13H2,1-3H3,(H,30,36)/t15-,16+/m1/s1. The van der Waals surface area contributed by atoms with Gasteiger partial charge in [-0.2, -0.15) is 4.98 Å². The molecule has 5 rings (SSSR count). The predicted octanol–water partition coefficient (Wildman–Crippen LogP) is 3.91. The maximum Gasteiger partial charge on any atom is 0.573 e. The van der Waals surface area contributed by atoms with Crippen molar-refractivity contribution in [3.63, 3.8) is 0 Å². The van der Waals surface area contributed by atoms with Crippen LogP contribution in [0.1, 0.15) is 62.2 Å². The highest BCUT2D eigenvalue weighted by atomic mass is 19.4. The summed E-state index contributed by atoms with van der Waals surface area (Å²) in [6.45, 7) is 5.80. The third-order valence-corrected chi connectivity index (χ3v) is 6.38. The Bertz CT molecular complexity index is 1370. The Labute approximate surface area is 226 Å². The van der Waals surface area contributed by atoms with Crippen LogP contribution in [0.15, 0.2) is 35.1 Å². The third-order valence-electron chi connectivity index (χ3n) is 6.38. The number of carbonyl (C=O) groups excluding carboxylic acids is 2. The van der Waals surface area contributed by atoms with Crippen LogP contribution in [0.5, 0.6) is 5.75 Å². The van der Waals surface area contributed by atoms with Crippen LogP contribution >= 0.6 is 0 Å². The lowest BCUT2D eigenvalue weighted by molar-refractivity contribution is -0.274. The van der Waals surface area contributed by atoms with E-state index in [2.05, 4.69) is 30.5 Å². The molecule has 0 bridgehead atoms. The van der Waals surface area contributed by atoms with Crippen LogP contribution in [0.2, 0.25) is 0 Å². The number of ether oxygens (including phenoxy) is 2. The van der Waals surface area contributed by atoms with Crippen LogP contribution < -0.4 is 10.1 Å². The summed E-state index contributed by atoms with van der Waals surface area (Å²) < 4.78 is 54.7. The fourth-order valence-electron chi connectivity index (χ4n) is 4.63. The van der Waals surface area contributed by atoms with Crippen molar-refractivity contribution in [1.82, 2.24) is 35.4 Å². The molecular weight excluding hydrogens is 535 g/mol. The number of halogens is 3. The third kappa shape index (κ3) is 6.69. The fourth-order valence-corrected chi connectivity index (χ4v) is 4.63. The van der Waals surface area contributed by atoms with Crippen molar-refractivity contribution in [2.45, 2.75) is 76.5 Å². The molecule has 0 radical (unpaired) electrons. The Balaban J connectivity index is 1.31. The zero-order valence-corrected chi connectivity index (χ0v) is 22.0. The van der Waals surface area contributed by atoms with Crippen LogP contribution in [-0.2, 0) is 11.3 Å². The average Bonchev–Trinajstić information content (AvgIpc) is 3.21. The van der Waals surface area contributed by atoms with Crippen LogP contribution in [-0.4, -0.2) is 72.6 Å². The maximum absolute atomic E-state index is 13.0. The quantitative estimate of drug-likeness (QED) is 0.453. The van der Waals surface area contributed by atoms with Gasteiger partial charge >= 0.3 is 24.3 Å². The summed E-state index contributed by atoms with van der Waals surface area (Å²) in [5.74, 6) is -1.32. The van der Waals surface area contributed by atoms with Gasteiger partial charge < -0.3 is 24.2 Å². The number of nitrogens with one attached hydrogen (secondary N) is 1. The number of hydrogen-bond acceptors (Lipinski definition) is 9. The molecule has 2 aromatic heterocycles. The summed E-state index contributed by atoms with van der Waals surface area (Å²) in [5, 5.41) is 14.4. The Morgan fingerprint density at radius 2 is 1.98 bits per heavy atom. The Morgan fingerprint density at radius 3 is 2.62 bits per heavy atom. The molecule has 2 amide bonds. The zero-order chi connectivity index (χ0) is 28.7. The smallest absolute Gasteiger partial charge is 0.444 e. The van der Waals surface area contributed by atoms with Gasteiger partial charge in [0, 0.05) is 24.3 Å². The van der Waals surface area contributed by atoms with E-state index in [4.69, 9.17) is 9.26 Å². The molecule has 1 aromatic carbocycles. The first kappa shape index (κ1) is 27.4. The molecule has 1 aliphatic heterocycles. The van der Waals surface area contributed by atoms with E-state index >= 15 is 0 Å². The summed E-state index contributed by atoms with van der Waals surface area (Å²) in [4.78, 5) is 31.6. The van der Waals surface area contributed by atoms with E-state index in [1.807, 2.05) is 0 Å². The maximum atomic E-state index is 13.0. The van der Waals surface area contributed by atoms with Gasteiger partial charge in [0.05, 0.1) is 18.8 Å². The van der Waals surface area contributed by atoms with Gasteiger partial charge in [0.15, 0.2) is 0 Å². The van der Waals surface area contributed by atoms with Gasteiger partial charge in [-0.1, -0.05) is 16.4 Å². The predicted molar refractivity (Wildman–Crippen MR) is 131 cm³/mol. The highest BCUT2D eigenvalue weighted by Crippen LogP contribution is 2.45. The second kappa shape index (κ2) is 10.4. The number of rotatable bonds is 7. The molecule has 3 aromatic rings. The first-order valence-corrected chi connectivity index (χ1v) is 12.7. The van der Waals surface area contributed by atoms with Gasteiger partial charge in [0.25, 0.3) is 0 Å². The molecule has 1 saturated heterocycles. The summed E-state index contributed by atoms with van der Waals surface area (Å²) in [5.41, 5.74) is 0.344. The molecule has 1 N–H and O–H groups in total. The molecule has 3 heterocycles. The van der Waals surface area contributed by atoms with E-state index in [-0.39, 0.29) is 30.2 Å². The average molecular weight is 564 g/mol. The number of aromatic nitrogens is 5. The summed E-state index contributed by atoms with van der Waals surface area (Å²) >= 11 is 0. The van der Waals surface area contributed by atoms with Gasteiger partial charge in [-0.05, 0) is 63.6 Å². The molecule has 1 aliphatic carbocycles. The minimum atomic E-state index is -4.86. The second-order valence-corrected chi connectivity index (χ2v) is 10.8. The number of nitrogens with zero attached hydrogens (tertiary/aromatic N) is 6. The van der Waals surface area contributed by atoms with E-state index in [1.165, 1.54) is 23.2 Å². The number of carbonyl (C=O) groups is 2. The SMILES string of the molecule is CC(C)(C)OC(=O)N1C[C@H](NC(=O)c2nc(-c3cc(OC(F)(F)F)ccc3C3CC3)no2)C[C@H]1Cn1ccnn1. The Morgan fingerprint density at radius 1 is 1.20 bits per heavy atom. The van der Waals surface area contributed by atoms with E-state index in [9.17, 15) is 22.8 Å². The normalized spacial score (nSPS) is 19.5. The van der Waals surface area contributed by atoms with E-state index in [1.54, 1.807) is 37.7 Å². The van der Waals surface area contributed by atoms with Crippen molar-refractivity contribution < 1.29 is 36.8 Å². The highest BCUT2D eigenvalue weighted by Gasteiger charge is 2.39. The molecule has 2 fully saturated rings. The molecule has 12 nitrogen and oxygen atoms in total. The topological polar surface area (TPSA) is 138 Å². The van der Waals surface area contributed by atoms with Crippen molar-refractivity contribution in [3.05, 3.63) is 42.0 Å². The van der Waals surface area contributed by atoms with Crippen LogP contribution in [0.25, 0.3) is 11.4 Å². The Kier molecular flexibility index (Phi) is 7.14. The molecule has 1 saturated carbocycles. The van der Waals surface area contributed by atoms with Crippen molar-refractivity contribution in [3.8, 4) is 17.1 Å². The summed E-state index contributed by atoms with van der Waals surface area (Å²) in [6, 6.07) is 3.18. The van der Waals surface area contributed by atoms with Crippen molar-refractivity contribution in [1.29, 1.82) is 0 Å². The summed E-state index contributed by atoms with van der Waals surface area (Å²) in [7, 11) is 0. The number of benzene rings is 1. The number of likely N-dealkylation sites (tertiary alicyclic amines) is 1. The molecule has 40 heavy (non-hydrogen) atoms. The summed E-state index contributed by atoms with van der Waals surface area (Å²) in [6.07, 6.45) is -0.0344. The zero-order valence-electron chi connectivity index (χ0n) is 22.0. The molecular formula is C25H28F3N7O5. The van der Waals surface area contributed by atoms with Gasteiger partial charge in [-0.25, -0.2) is 4.79 Å². The van der Waals surface area contributed by atoms with Crippen LogP contribution in [0.3, 0.4) is 0 Å². The molecule has 0 spiro atoms. The van der Waals surface area contributed by atoms with Gasteiger partial charge in [-0.15, -0.1) is 18.3 Å². The van der Waals surface area contributed by atoms with Gasteiger partial charge in [0.2, 0.25) is 5.82 Å². The fraction of sp³-hybridized carbons (Fsp3) is 0.520. The minimum Gasteiger partial charge on any atom is -0.444 e. The van der Waals surface area contributed by atoms with Crippen molar-refractivity contribution in [2.24, 2.45) is 0 Å². The molecule has 0 unspecified atom stereocenters. The Hall–Kier alpha value is -4.17. The number of alkyl halides is 3. The highest BCUT2D eigenvalue weighted by molar-refractivity contribution is 5.90. The van der Waals surface area contributed by atoms with Crippen LogP contribution in [0, 0.1) is 0 Å². The monoisotopic (exact) mass is 563 g/mol. The second-order valence-electron chi connectivity index (χ2n) is 10.8. The minimum absolute atomic E-state index is 0.0227. The lowest BCUT2D eigenvalue weighted by Gasteiger charge is -2.28. The number of amides is 2. The first-order valence-electron chi connectivity index (χ1n) is 12.7. The van der Waals surface area contributed by atoms with Crippen molar-refractivity contribution in [2.75, 3.05) is 6.54 Å².